The molecule has 25 heavy (non-hydrogen) atoms. The molecule has 0 saturated carbocycles. The number of benzene rings is 2. The number of hydrogen-bond donors (Lipinski definition) is 1. The number of esters is 1. The van der Waals surface area contributed by atoms with Gasteiger partial charge in [-0.1, -0.05) is 30.3 Å². The number of fused-ring (bicyclic) bond motifs is 3. The Morgan fingerprint density at radius 1 is 1.20 bits per heavy atom. The van der Waals surface area contributed by atoms with Crippen LogP contribution in [0.4, 0.5) is 4.39 Å². The smallest absolute Gasteiger partial charge is 0.343 e. The van der Waals surface area contributed by atoms with Crippen molar-refractivity contribution in [3.05, 3.63) is 82.9 Å². The Bertz CT molecular complexity index is 908. The van der Waals surface area contributed by atoms with Crippen LogP contribution in [0.25, 0.3) is 0 Å². The van der Waals surface area contributed by atoms with Crippen molar-refractivity contribution < 1.29 is 28.7 Å². The minimum atomic E-state index is -2.02. The van der Waals surface area contributed by atoms with E-state index in [1.165, 1.54) is 24.3 Å². The summed E-state index contributed by atoms with van der Waals surface area (Å²) in [5, 5.41) is 11.7. The summed E-state index contributed by atoms with van der Waals surface area (Å²) in [6.07, 6.45) is 1.00. The molecule has 0 aliphatic carbocycles. The number of halogens is 1. The Morgan fingerprint density at radius 3 is 2.68 bits per heavy atom. The highest BCUT2D eigenvalue weighted by Crippen LogP contribution is 2.46. The molecule has 0 spiro atoms. The summed E-state index contributed by atoms with van der Waals surface area (Å²) in [6.45, 7) is -0.109. The molecule has 7 heteroatoms. The molecule has 2 aliphatic heterocycles. The predicted octanol–water partition coefficient (Wildman–Crippen LogP) is 2.00. The summed E-state index contributed by atoms with van der Waals surface area (Å²) >= 11 is 0. The molecule has 0 aromatic heterocycles. The number of aliphatic hydroxyl groups is 1. The minimum absolute atomic E-state index is 0.109. The molecule has 4 rings (SSSR count). The van der Waals surface area contributed by atoms with Gasteiger partial charge in [0.1, 0.15) is 24.3 Å². The maximum Gasteiger partial charge on any atom is 0.343 e. The van der Waals surface area contributed by atoms with Crippen molar-refractivity contribution in [2.75, 3.05) is 0 Å². The van der Waals surface area contributed by atoms with E-state index in [0.717, 1.165) is 11.3 Å². The lowest BCUT2D eigenvalue weighted by molar-refractivity contribution is -0.188. The second-order valence-corrected chi connectivity index (χ2v) is 5.66. The van der Waals surface area contributed by atoms with E-state index in [1.807, 2.05) is 0 Å². The lowest BCUT2D eigenvalue weighted by Gasteiger charge is -2.25. The van der Waals surface area contributed by atoms with E-state index < -0.39 is 23.4 Å². The average Bonchev–Trinajstić information content (AvgIpc) is 3.08. The highest BCUT2D eigenvalue weighted by molar-refractivity contribution is 6.03. The van der Waals surface area contributed by atoms with Crippen LogP contribution in [-0.4, -0.2) is 22.0 Å². The summed E-state index contributed by atoms with van der Waals surface area (Å²) in [5.74, 6) is -1.78. The number of carbonyl (C=O) groups is 2. The predicted molar refractivity (Wildman–Crippen MR) is 81.9 cm³/mol. The molecule has 1 atom stereocenters. The number of amides is 1. The number of carbonyl (C=O) groups excluding carboxylic acids is 2. The number of hydrogen-bond acceptors (Lipinski definition) is 5. The van der Waals surface area contributed by atoms with Crippen LogP contribution in [0.2, 0.25) is 0 Å². The van der Waals surface area contributed by atoms with Gasteiger partial charge in [-0.3, -0.25) is 4.79 Å². The van der Waals surface area contributed by atoms with Crippen molar-refractivity contribution in [1.82, 2.24) is 5.06 Å². The van der Waals surface area contributed by atoms with Gasteiger partial charge in [-0.25, -0.2) is 9.18 Å². The first-order valence-electron chi connectivity index (χ1n) is 7.47. The first-order valence-corrected chi connectivity index (χ1v) is 7.47. The largest absolute Gasteiger partial charge is 0.457 e. The van der Waals surface area contributed by atoms with Crippen molar-refractivity contribution in [3.8, 4) is 0 Å². The summed E-state index contributed by atoms with van der Waals surface area (Å²) < 4.78 is 18.1. The summed E-state index contributed by atoms with van der Waals surface area (Å²) in [4.78, 5) is 29.8. The molecule has 126 valence electrons. The third-order valence-electron chi connectivity index (χ3n) is 4.17. The highest BCUT2D eigenvalue weighted by atomic mass is 19.1. The number of hydroxylamine groups is 2. The number of ether oxygens (including phenoxy) is 1. The van der Waals surface area contributed by atoms with Crippen LogP contribution >= 0.6 is 0 Å². The van der Waals surface area contributed by atoms with Gasteiger partial charge < -0.3 is 14.7 Å². The summed E-state index contributed by atoms with van der Waals surface area (Å²) in [5.41, 5.74) is -1.13. The molecule has 0 bridgehead atoms. The highest BCUT2D eigenvalue weighted by Gasteiger charge is 2.59. The fourth-order valence-corrected chi connectivity index (χ4v) is 2.90. The second-order valence-electron chi connectivity index (χ2n) is 5.66. The summed E-state index contributed by atoms with van der Waals surface area (Å²) in [6, 6.07) is 11.9. The van der Waals surface area contributed by atoms with E-state index in [2.05, 4.69) is 0 Å². The molecule has 2 aromatic carbocycles. The Kier molecular flexibility index (Phi) is 3.33. The van der Waals surface area contributed by atoms with Crippen molar-refractivity contribution in [3.63, 3.8) is 0 Å². The monoisotopic (exact) mass is 341 g/mol. The molecule has 1 amide bonds. The van der Waals surface area contributed by atoms with E-state index in [4.69, 9.17) is 9.57 Å². The van der Waals surface area contributed by atoms with Crippen molar-refractivity contribution in [1.29, 1.82) is 0 Å². The van der Waals surface area contributed by atoms with E-state index >= 15 is 0 Å². The molecule has 2 aliphatic rings. The van der Waals surface area contributed by atoms with Crippen LogP contribution in [0.5, 0.6) is 0 Å². The zero-order chi connectivity index (χ0) is 17.6. The van der Waals surface area contributed by atoms with Gasteiger partial charge in [-0.05, 0) is 23.8 Å². The third-order valence-corrected chi connectivity index (χ3v) is 4.17. The van der Waals surface area contributed by atoms with Gasteiger partial charge in [0.2, 0.25) is 5.72 Å². The molecule has 2 heterocycles. The van der Waals surface area contributed by atoms with Crippen LogP contribution in [0.3, 0.4) is 0 Å². The maximum absolute atomic E-state index is 12.9. The average molecular weight is 341 g/mol. The van der Waals surface area contributed by atoms with E-state index in [0.29, 0.717) is 5.56 Å². The van der Waals surface area contributed by atoms with Crippen LogP contribution in [-0.2, 0) is 26.7 Å². The fraction of sp³-hybridized carbons (Fsp3) is 0.111. The van der Waals surface area contributed by atoms with E-state index in [-0.39, 0.29) is 23.3 Å². The Labute approximate surface area is 141 Å². The first kappa shape index (κ1) is 15.3. The van der Waals surface area contributed by atoms with Gasteiger partial charge in [0.15, 0.2) is 0 Å². The van der Waals surface area contributed by atoms with Gasteiger partial charge in [0.25, 0.3) is 5.91 Å². The Hall–Kier alpha value is -3.19. The molecule has 0 radical (unpaired) electrons. The zero-order valence-corrected chi connectivity index (χ0v) is 12.8. The van der Waals surface area contributed by atoms with Gasteiger partial charge in [0.05, 0.1) is 5.56 Å². The van der Waals surface area contributed by atoms with E-state index in [9.17, 15) is 19.1 Å². The molecular formula is C18H12FNO5. The first-order chi connectivity index (χ1) is 12.0. The summed E-state index contributed by atoms with van der Waals surface area (Å²) in [7, 11) is 0. The SMILES string of the molecule is O=C(OCc1ccc(F)cc1)C1=CON2C(=O)c3ccccc3C12O. The second kappa shape index (κ2) is 5.42. The fourth-order valence-electron chi connectivity index (χ4n) is 2.90. The maximum atomic E-state index is 12.9. The lowest BCUT2D eigenvalue weighted by atomic mass is 9.95. The molecule has 1 N–H and O–H groups in total. The van der Waals surface area contributed by atoms with Gasteiger partial charge >= 0.3 is 5.97 Å². The third kappa shape index (κ3) is 2.20. The molecule has 0 fully saturated rings. The number of rotatable bonds is 3. The molecule has 1 unspecified atom stereocenters. The van der Waals surface area contributed by atoms with Crippen molar-refractivity contribution >= 4 is 11.9 Å². The quantitative estimate of drug-likeness (QED) is 0.864. The van der Waals surface area contributed by atoms with Gasteiger partial charge in [-0.2, -0.15) is 0 Å². The van der Waals surface area contributed by atoms with E-state index in [1.54, 1.807) is 24.3 Å². The Morgan fingerprint density at radius 2 is 1.92 bits per heavy atom. The number of nitrogens with zero attached hydrogens (tertiary/aromatic N) is 1. The molecule has 0 saturated heterocycles. The van der Waals surface area contributed by atoms with Crippen LogP contribution in [0.1, 0.15) is 21.5 Å². The van der Waals surface area contributed by atoms with Crippen LogP contribution < -0.4 is 0 Å². The van der Waals surface area contributed by atoms with Crippen molar-refractivity contribution in [2.24, 2.45) is 0 Å². The normalized spacial score (nSPS) is 20.6. The molecular weight excluding hydrogens is 329 g/mol. The van der Waals surface area contributed by atoms with Gasteiger partial charge in [-0.15, -0.1) is 5.06 Å². The van der Waals surface area contributed by atoms with Crippen LogP contribution in [0.15, 0.2) is 60.4 Å². The van der Waals surface area contributed by atoms with Crippen molar-refractivity contribution in [2.45, 2.75) is 12.3 Å². The Balaban J connectivity index is 1.58. The minimum Gasteiger partial charge on any atom is -0.457 e. The molecule has 2 aromatic rings. The zero-order valence-electron chi connectivity index (χ0n) is 12.8. The standard InChI is InChI=1S/C18H12FNO5/c19-12-7-5-11(6-8-12)9-24-17(22)15-10-25-20-16(21)13-3-1-2-4-14(13)18(15,20)23/h1-8,10,23H,9H2. The lowest BCUT2D eigenvalue weighted by Crippen LogP contribution is -2.42. The van der Waals surface area contributed by atoms with Crippen LogP contribution in [0, 0.1) is 5.82 Å². The van der Waals surface area contributed by atoms with Gasteiger partial charge in [0, 0.05) is 5.56 Å². The molecule has 6 nitrogen and oxygen atoms in total. The topological polar surface area (TPSA) is 76.1 Å².